The van der Waals surface area contributed by atoms with E-state index in [2.05, 4.69) is 10.6 Å². The van der Waals surface area contributed by atoms with Crippen molar-refractivity contribution in [3.8, 4) is 0 Å². The molecule has 1 saturated heterocycles. The van der Waals surface area contributed by atoms with Gasteiger partial charge in [0, 0.05) is 32.2 Å². The summed E-state index contributed by atoms with van der Waals surface area (Å²) < 4.78 is 12.7. The molecule has 1 atom stereocenters. The summed E-state index contributed by atoms with van der Waals surface area (Å²) in [4.78, 5) is 24.9. The molecule has 1 heterocycles. The molecule has 1 aromatic rings. The van der Waals surface area contributed by atoms with Crippen LogP contribution in [0.4, 0.5) is 10.1 Å². The van der Waals surface area contributed by atoms with Gasteiger partial charge in [-0.15, -0.1) is 0 Å². The lowest BCUT2D eigenvalue weighted by molar-refractivity contribution is -0.131. The molecule has 2 rings (SSSR count). The Morgan fingerprint density at radius 1 is 1.37 bits per heavy atom. The maximum Gasteiger partial charge on any atom is 0.243 e. The molecule has 2 amide bonds. The average molecular weight is 265 g/mol. The standard InChI is InChI=1S/C13H16FN3O2/c1-9(18)17-7-6-15-12(8-17)13(19)16-11-4-2-10(14)3-5-11/h2-5,12,15H,6-8H2,1H3,(H,16,19). The molecule has 5 nitrogen and oxygen atoms in total. The number of piperazine rings is 1. The summed E-state index contributed by atoms with van der Waals surface area (Å²) in [5, 5.41) is 5.75. The van der Waals surface area contributed by atoms with E-state index in [1.807, 2.05) is 0 Å². The molecule has 0 saturated carbocycles. The van der Waals surface area contributed by atoms with Crippen molar-refractivity contribution in [3.63, 3.8) is 0 Å². The summed E-state index contributed by atoms with van der Waals surface area (Å²) in [6, 6.07) is 5.12. The number of halogens is 1. The summed E-state index contributed by atoms with van der Waals surface area (Å²) in [5.74, 6) is -0.616. The van der Waals surface area contributed by atoms with E-state index < -0.39 is 6.04 Å². The number of hydrogen-bond donors (Lipinski definition) is 2. The summed E-state index contributed by atoms with van der Waals surface area (Å²) in [5.41, 5.74) is 0.535. The lowest BCUT2D eigenvalue weighted by Crippen LogP contribution is -2.56. The number of amides is 2. The van der Waals surface area contributed by atoms with Gasteiger partial charge in [-0.2, -0.15) is 0 Å². The van der Waals surface area contributed by atoms with E-state index in [0.717, 1.165) is 0 Å². The first-order chi connectivity index (χ1) is 9.06. The molecule has 0 aliphatic carbocycles. The highest BCUT2D eigenvalue weighted by Crippen LogP contribution is 2.09. The van der Waals surface area contributed by atoms with E-state index in [4.69, 9.17) is 0 Å². The summed E-state index contributed by atoms with van der Waals surface area (Å²) >= 11 is 0. The Labute approximate surface area is 110 Å². The predicted octanol–water partition coefficient (Wildman–Crippen LogP) is 0.584. The Morgan fingerprint density at radius 2 is 2.05 bits per heavy atom. The summed E-state index contributed by atoms with van der Waals surface area (Å²) in [7, 11) is 0. The second-order valence-corrected chi connectivity index (χ2v) is 4.47. The molecule has 2 N–H and O–H groups in total. The molecule has 19 heavy (non-hydrogen) atoms. The summed E-state index contributed by atoms with van der Waals surface area (Å²) in [6.07, 6.45) is 0. The van der Waals surface area contributed by atoms with Crippen molar-refractivity contribution in [2.24, 2.45) is 0 Å². The van der Waals surface area contributed by atoms with Crippen LogP contribution in [0.25, 0.3) is 0 Å². The van der Waals surface area contributed by atoms with Crippen molar-refractivity contribution in [2.45, 2.75) is 13.0 Å². The fraction of sp³-hybridized carbons (Fsp3) is 0.385. The third-order valence-electron chi connectivity index (χ3n) is 3.05. The minimum atomic E-state index is -0.442. The number of hydrogen-bond acceptors (Lipinski definition) is 3. The molecule has 1 unspecified atom stereocenters. The van der Waals surface area contributed by atoms with Crippen LogP contribution in [-0.4, -0.2) is 42.4 Å². The van der Waals surface area contributed by atoms with Gasteiger partial charge in [-0.3, -0.25) is 9.59 Å². The van der Waals surface area contributed by atoms with Crippen molar-refractivity contribution in [2.75, 3.05) is 25.0 Å². The van der Waals surface area contributed by atoms with Crippen LogP contribution < -0.4 is 10.6 Å². The molecule has 6 heteroatoms. The Kier molecular flexibility index (Phi) is 4.11. The molecule has 0 aromatic heterocycles. The Balaban J connectivity index is 1.96. The minimum absolute atomic E-state index is 0.0407. The zero-order valence-electron chi connectivity index (χ0n) is 10.6. The molecule has 1 aromatic carbocycles. The van der Waals surface area contributed by atoms with Gasteiger partial charge in [0.1, 0.15) is 11.9 Å². The number of benzene rings is 1. The average Bonchev–Trinajstić information content (AvgIpc) is 2.41. The van der Waals surface area contributed by atoms with Crippen LogP contribution in [0.2, 0.25) is 0 Å². The van der Waals surface area contributed by atoms with Gasteiger partial charge in [0.05, 0.1) is 0 Å². The van der Waals surface area contributed by atoms with Gasteiger partial charge in [0.15, 0.2) is 0 Å². The molecule has 0 spiro atoms. The number of anilines is 1. The Morgan fingerprint density at radius 3 is 2.68 bits per heavy atom. The number of rotatable bonds is 2. The van der Waals surface area contributed by atoms with Crippen molar-refractivity contribution >= 4 is 17.5 Å². The second kappa shape index (κ2) is 5.79. The van der Waals surface area contributed by atoms with Crippen molar-refractivity contribution < 1.29 is 14.0 Å². The first-order valence-corrected chi connectivity index (χ1v) is 6.11. The maximum atomic E-state index is 12.7. The largest absolute Gasteiger partial charge is 0.340 e. The molecule has 1 aliphatic rings. The van der Waals surface area contributed by atoms with Crippen LogP contribution >= 0.6 is 0 Å². The third kappa shape index (κ3) is 3.51. The zero-order valence-corrected chi connectivity index (χ0v) is 10.6. The van der Waals surface area contributed by atoms with Crippen LogP contribution in [0.3, 0.4) is 0 Å². The van der Waals surface area contributed by atoms with Gasteiger partial charge < -0.3 is 15.5 Å². The normalized spacial score (nSPS) is 19.1. The van der Waals surface area contributed by atoms with Gasteiger partial charge in [-0.25, -0.2) is 4.39 Å². The first-order valence-electron chi connectivity index (χ1n) is 6.11. The Hall–Kier alpha value is -1.95. The van der Waals surface area contributed by atoms with E-state index in [1.165, 1.54) is 31.2 Å². The van der Waals surface area contributed by atoms with Crippen LogP contribution in [-0.2, 0) is 9.59 Å². The van der Waals surface area contributed by atoms with Crippen LogP contribution in [0, 0.1) is 5.82 Å². The number of nitrogens with zero attached hydrogens (tertiary/aromatic N) is 1. The van der Waals surface area contributed by atoms with E-state index in [1.54, 1.807) is 4.90 Å². The number of nitrogens with one attached hydrogen (secondary N) is 2. The van der Waals surface area contributed by atoms with E-state index in [9.17, 15) is 14.0 Å². The lowest BCUT2D eigenvalue weighted by Gasteiger charge is -2.32. The number of carbonyl (C=O) groups is 2. The van der Waals surface area contributed by atoms with Gasteiger partial charge in [0.25, 0.3) is 0 Å². The van der Waals surface area contributed by atoms with E-state index in [0.29, 0.717) is 25.3 Å². The maximum absolute atomic E-state index is 12.7. The zero-order chi connectivity index (χ0) is 13.8. The monoisotopic (exact) mass is 265 g/mol. The van der Waals surface area contributed by atoms with E-state index in [-0.39, 0.29) is 17.6 Å². The molecule has 0 bridgehead atoms. The van der Waals surface area contributed by atoms with Gasteiger partial charge in [-0.05, 0) is 24.3 Å². The van der Waals surface area contributed by atoms with Gasteiger partial charge in [0.2, 0.25) is 11.8 Å². The minimum Gasteiger partial charge on any atom is -0.340 e. The van der Waals surface area contributed by atoms with Crippen LogP contribution in [0.15, 0.2) is 24.3 Å². The highest BCUT2D eigenvalue weighted by atomic mass is 19.1. The number of carbonyl (C=O) groups excluding carboxylic acids is 2. The second-order valence-electron chi connectivity index (χ2n) is 4.47. The molecular weight excluding hydrogens is 249 g/mol. The highest BCUT2D eigenvalue weighted by molar-refractivity contribution is 5.95. The van der Waals surface area contributed by atoms with Crippen molar-refractivity contribution in [3.05, 3.63) is 30.1 Å². The molecule has 0 radical (unpaired) electrons. The van der Waals surface area contributed by atoms with Gasteiger partial charge in [-0.1, -0.05) is 0 Å². The van der Waals surface area contributed by atoms with Crippen LogP contribution in [0.1, 0.15) is 6.92 Å². The fourth-order valence-electron chi connectivity index (χ4n) is 1.97. The SMILES string of the molecule is CC(=O)N1CCNC(C(=O)Nc2ccc(F)cc2)C1. The third-order valence-corrected chi connectivity index (χ3v) is 3.05. The topological polar surface area (TPSA) is 61.4 Å². The smallest absolute Gasteiger partial charge is 0.243 e. The highest BCUT2D eigenvalue weighted by Gasteiger charge is 2.26. The van der Waals surface area contributed by atoms with Crippen molar-refractivity contribution in [1.82, 2.24) is 10.2 Å². The lowest BCUT2D eigenvalue weighted by atomic mass is 10.2. The molecule has 1 aliphatic heterocycles. The van der Waals surface area contributed by atoms with E-state index >= 15 is 0 Å². The van der Waals surface area contributed by atoms with Gasteiger partial charge >= 0.3 is 0 Å². The summed E-state index contributed by atoms with van der Waals surface area (Å²) in [6.45, 7) is 3.03. The van der Waals surface area contributed by atoms with Crippen molar-refractivity contribution in [1.29, 1.82) is 0 Å². The van der Waals surface area contributed by atoms with Crippen LogP contribution in [0.5, 0.6) is 0 Å². The predicted molar refractivity (Wildman–Crippen MR) is 69.1 cm³/mol. The first kappa shape index (κ1) is 13.5. The quantitative estimate of drug-likeness (QED) is 0.822. The molecule has 1 fully saturated rings. The molecular formula is C13H16FN3O2. The Bertz CT molecular complexity index is 475. The molecule has 102 valence electrons. The fourth-order valence-corrected chi connectivity index (χ4v) is 1.97.